The van der Waals surface area contributed by atoms with Crippen LogP contribution in [0.3, 0.4) is 0 Å². The van der Waals surface area contributed by atoms with Gasteiger partial charge in [-0.05, 0) is 98.4 Å². The van der Waals surface area contributed by atoms with Gasteiger partial charge in [0.15, 0.2) is 5.78 Å². The third kappa shape index (κ3) is 3.22. The van der Waals surface area contributed by atoms with Crippen molar-refractivity contribution in [2.75, 3.05) is 0 Å². The van der Waals surface area contributed by atoms with Crippen LogP contribution in [0, 0.1) is 40.4 Å². The summed E-state index contributed by atoms with van der Waals surface area (Å²) in [5.41, 5.74) is -1.70. The standard InChI is InChI=1S/C25H36F2N2O2/c1-23-10-11-25(31,22(26)27)14-16(23)4-5-17-18-6-7-20(24(18,2)9-8-19(17)23)21(30)15-29-13-3-12-28-29/h3,12-13,16-20,22,31H,4-11,14-15H2,1-2H3/t16-,17+,18+,19+,20-,23+,24+,25-/m1/s1. The van der Waals surface area contributed by atoms with Gasteiger partial charge in [-0.1, -0.05) is 13.8 Å². The molecule has 4 aliphatic carbocycles. The maximum absolute atomic E-state index is 13.5. The molecule has 1 N–H and O–H groups in total. The van der Waals surface area contributed by atoms with Crippen LogP contribution in [0.1, 0.15) is 71.6 Å². The van der Waals surface area contributed by atoms with Crippen molar-refractivity contribution in [3.63, 3.8) is 0 Å². The molecular formula is C25H36F2N2O2. The number of hydrogen-bond acceptors (Lipinski definition) is 3. The second kappa shape index (κ2) is 7.36. The number of rotatable bonds is 4. The SMILES string of the molecule is C[C@]12CC[C@](O)(C(F)F)C[C@H]1CC[C@@H]1[C@@H]2CC[C@]2(C)[C@@H](C(=O)Cn3cccn3)CC[C@@H]12. The van der Waals surface area contributed by atoms with Crippen LogP contribution >= 0.6 is 0 Å². The minimum absolute atomic E-state index is 0.0442. The van der Waals surface area contributed by atoms with Crippen LogP contribution < -0.4 is 0 Å². The van der Waals surface area contributed by atoms with E-state index in [2.05, 4.69) is 18.9 Å². The summed E-state index contributed by atoms with van der Waals surface area (Å²) < 4.78 is 28.8. The Morgan fingerprint density at radius 3 is 2.58 bits per heavy atom. The molecule has 1 aromatic rings. The summed E-state index contributed by atoms with van der Waals surface area (Å²) in [5, 5.41) is 14.7. The van der Waals surface area contributed by atoms with E-state index < -0.39 is 12.0 Å². The molecule has 4 saturated carbocycles. The molecule has 1 aromatic heterocycles. The van der Waals surface area contributed by atoms with Crippen molar-refractivity contribution in [1.29, 1.82) is 0 Å². The number of fused-ring (bicyclic) bond motifs is 5. The summed E-state index contributed by atoms with van der Waals surface area (Å²) in [6.07, 6.45) is 8.29. The van der Waals surface area contributed by atoms with E-state index in [1.165, 1.54) is 0 Å². The van der Waals surface area contributed by atoms with Crippen molar-refractivity contribution in [3.8, 4) is 0 Å². The first-order chi connectivity index (χ1) is 14.7. The maximum Gasteiger partial charge on any atom is 0.266 e. The van der Waals surface area contributed by atoms with Gasteiger partial charge in [-0.25, -0.2) is 8.78 Å². The van der Waals surface area contributed by atoms with Crippen LogP contribution in [0.4, 0.5) is 8.78 Å². The molecule has 31 heavy (non-hydrogen) atoms. The van der Waals surface area contributed by atoms with Gasteiger partial charge >= 0.3 is 0 Å². The zero-order valence-electron chi connectivity index (χ0n) is 18.8. The second-order valence-corrected chi connectivity index (χ2v) is 11.6. The molecular weight excluding hydrogens is 398 g/mol. The predicted octanol–water partition coefficient (Wildman–Crippen LogP) is 5.11. The number of hydrogen-bond donors (Lipinski definition) is 1. The number of aliphatic hydroxyl groups is 1. The van der Waals surface area contributed by atoms with Gasteiger partial charge in [0.05, 0.1) is 6.54 Å². The number of nitrogens with zero attached hydrogens (tertiary/aromatic N) is 2. The first-order valence-corrected chi connectivity index (χ1v) is 12.2. The van der Waals surface area contributed by atoms with Crippen molar-refractivity contribution >= 4 is 5.78 Å². The normalized spacial score (nSPS) is 47.0. The summed E-state index contributed by atoms with van der Waals surface area (Å²) in [5.74, 6) is 2.26. The molecule has 5 rings (SSSR count). The lowest BCUT2D eigenvalue weighted by Gasteiger charge is -2.62. The first-order valence-electron chi connectivity index (χ1n) is 12.2. The zero-order valence-corrected chi connectivity index (χ0v) is 18.8. The summed E-state index contributed by atoms with van der Waals surface area (Å²) in [7, 11) is 0. The van der Waals surface area contributed by atoms with Gasteiger partial charge in [-0.3, -0.25) is 9.48 Å². The van der Waals surface area contributed by atoms with Crippen LogP contribution in [-0.4, -0.2) is 32.7 Å². The van der Waals surface area contributed by atoms with Crippen molar-refractivity contribution in [3.05, 3.63) is 18.5 Å². The molecule has 0 radical (unpaired) electrons. The lowest BCUT2D eigenvalue weighted by atomic mass is 9.44. The number of ketones is 1. The Bertz CT molecular complexity index is 829. The molecule has 172 valence electrons. The zero-order chi connectivity index (χ0) is 22.0. The lowest BCUT2D eigenvalue weighted by Crippen LogP contribution is -2.57. The highest BCUT2D eigenvalue weighted by molar-refractivity contribution is 5.82. The van der Waals surface area contributed by atoms with Crippen molar-refractivity contribution in [2.45, 2.75) is 90.2 Å². The fourth-order valence-corrected chi connectivity index (χ4v) is 8.67. The third-order valence-corrected chi connectivity index (χ3v) is 10.4. The smallest absolute Gasteiger partial charge is 0.266 e. The van der Waals surface area contributed by atoms with Crippen molar-refractivity contribution < 1.29 is 18.7 Å². The highest BCUT2D eigenvalue weighted by Gasteiger charge is 2.62. The van der Waals surface area contributed by atoms with Crippen molar-refractivity contribution in [1.82, 2.24) is 9.78 Å². The van der Waals surface area contributed by atoms with E-state index in [-0.39, 0.29) is 35.5 Å². The van der Waals surface area contributed by atoms with Crippen LogP contribution in [0.25, 0.3) is 0 Å². The Kier molecular flexibility index (Phi) is 5.11. The molecule has 0 unspecified atom stereocenters. The van der Waals surface area contributed by atoms with Crippen molar-refractivity contribution in [2.24, 2.45) is 40.4 Å². The van der Waals surface area contributed by atoms with Gasteiger partial charge in [0, 0.05) is 18.3 Å². The summed E-state index contributed by atoms with van der Waals surface area (Å²) in [6.45, 7) is 5.02. The number of aromatic nitrogens is 2. The highest BCUT2D eigenvalue weighted by Crippen LogP contribution is 2.68. The van der Waals surface area contributed by atoms with Gasteiger partial charge in [0.2, 0.25) is 0 Å². The Hall–Kier alpha value is -1.30. The van der Waals surface area contributed by atoms with Gasteiger partial charge in [-0.2, -0.15) is 5.10 Å². The molecule has 4 aliphatic rings. The molecule has 0 spiro atoms. The van der Waals surface area contributed by atoms with E-state index in [4.69, 9.17) is 0 Å². The van der Waals surface area contributed by atoms with Crippen LogP contribution in [0.2, 0.25) is 0 Å². The fourth-order valence-electron chi connectivity index (χ4n) is 8.67. The quantitative estimate of drug-likeness (QED) is 0.717. The lowest BCUT2D eigenvalue weighted by molar-refractivity contribution is -0.187. The second-order valence-electron chi connectivity index (χ2n) is 11.6. The molecule has 0 saturated heterocycles. The molecule has 0 aliphatic heterocycles. The largest absolute Gasteiger partial charge is 0.384 e. The Labute approximate surface area is 183 Å². The number of carbonyl (C=O) groups is 1. The number of alkyl halides is 2. The van der Waals surface area contributed by atoms with E-state index in [9.17, 15) is 18.7 Å². The molecule has 1 heterocycles. The summed E-state index contributed by atoms with van der Waals surface area (Å²) >= 11 is 0. The van der Waals surface area contributed by atoms with E-state index in [0.717, 1.165) is 38.5 Å². The van der Waals surface area contributed by atoms with Crippen LogP contribution in [0.5, 0.6) is 0 Å². The maximum atomic E-state index is 13.5. The van der Waals surface area contributed by atoms with Gasteiger partial charge in [0.1, 0.15) is 5.60 Å². The molecule has 4 nitrogen and oxygen atoms in total. The Morgan fingerprint density at radius 2 is 1.87 bits per heavy atom. The highest BCUT2D eigenvalue weighted by atomic mass is 19.3. The Balaban J connectivity index is 1.34. The van der Waals surface area contributed by atoms with Gasteiger partial charge < -0.3 is 5.11 Å². The first kappa shape index (κ1) is 21.5. The van der Waals surface area contributed by atoms with Crippen LogP contribution in [0.15, 0.2) is 18.5 Å². The summed E-state index contributed by atoms with van der Waals surface area (Å²) in [4.78, 5) is 13.2. The average Bonchev–Trinajstić information content (AvgIpc) is 3.35. The number of carbonyl (C=O) groups excluding carboxylic acids is 1. The minimum atomic E-state index is -2.65. The Morgan fingerprint density at radius 1 is 1.10 bits per heavy atom. The summed E-state index contributed by atoms with van der Waals surface area (Å²) in [6, 6.07) is 1.86. The molecule has 0 aromatic carbocycles. The predicted molar refractivity (Wildman–Crippen MR) is 113 cm³/mol. The van der Waals surface area contributed by atoms with E-state index in [0.29, 0.717) is 36.5 Å². The number of Topliss-reactive ketones (excluding diaryl/α,β-unsaturated/α-hetero) is 1. The van der Waals surface area contributed by atoms with E-state index in [1.807, 2.05) is 12.3 Å². The monoisotopic (exact) mass is 434 g/mol. The fraction of sp³-hybridized carbons (Fsp3) is 0.840. The molecule has 0 bridgehead atoms. The van der Waals surface area contributed by atoms with E-state index >= 15 is 0 Å². The van der Waals surface area contributed by atoms with Gasteiger partial charge in [-0.15, -0.1) is 0 Å². The van der Waals surface area contributed by atoms with Crippen LogP contribution in [-0.2, 0) is 11.3 Å². The van der Waals surface area contributed by atoms with Gasteiger partial charge in [0.25, 0.3) is 6.43 Å². The topological polar surface area (TPSA) is 55.1 Å². The molecule has 0 amide bonds. The molecule has 6 heteroatoms. The average molecular weight is 435 g/mol. The third-order valence-electron chi connectivity index (χ3n) is 10.4. The van der Waals surface area contributed by atoms with E-state index in [1.54, 1.807) is 10.9 Å². The number of halogens is 2. The minimum Gasteiger partial charge on any atom is -0.384 e. The molecule has 8 atom stereocenters. The molecule has 4 fully saturated rings.